The van der Waals surface area contributed by atoms with Crippen LogP contribution >= 0.6 is 0 Å². The molecule has 0 spiro atoms. The Kier molecular flexibility index (Phi) is 6.06. The van der Waals surface area contributed by atoms with Crippen LogP contribution in [-0.2, 0) is 19.0 Å². The molecule has 5 aliphatic heterocycles. The first-order valence-electron chi connectivity index (χ1n) is 12.5. The van der Waals surface area contributed by atoms with E-state index < -0.39 is 49.5 Å². The lowest BCUT2D eigenvalue weighted by molar-refractivity contribution is -0.339. The summed E-state index contributed by atoms with van der Waals surface area (Å²) in [4.78, 5) is 15.5. The van der Waals surface area contributed by atoms with Gasteiger partial charge in [0.25, 0.3) is 5.91 Å². The molecule has 0 radical (unpaired) electrons. The van der Waals surface area contributed by atoms with Crippen LogP contribution in [0.2, 0.25) is 0 Å². The van der Waals surface area contributed by atoms with Crippen LogP contribution in [0.25, 0.3) is 0 Å². The molecule has 36 heavy (non-hydrogen) atoms. The summed E-state index contributed by atoms with van der Waals surface area (Å²) in [5.74, 6) is -0.355. The van der Waals surface area contributed by atoms with E-state index in [1.807, 2.05) is 11.0 Å². The SMILES string of the molecule is C=CC1C(OC2OC(CO)C(O)C(O)C2O)OC=C2C(=O)N3CCC4c5ccccc5NC4C3CC21. The number of ether oxygens (including phenoxy) is 3. The summed E-state index contributed by atoms with van der Waals surface area (Å²) >= 11 is 0. The summed E-state index contributed by atoms with van der Waals surface area (Å²) in [5.41, 5.74) is 2.99. The predicted molar refractivity (Wildman–Crippen MR) is 126 cm³/mol. The third-order valence-electron chi connectivity index (χ3n) is 8.51. The molecule has 1 aromatic carbocycles. The van der Waals surface area contributed by atoms with Crippen molar-refractivity contribution in [3.05, 3.63) is 54.3 Å². The number of benzene rings is 1. The maximum atomic E-state index is 13.5. The van der Waals surface area contributed by atoms with Crippen LogP contribution in [0.5, 0.6) is 0 Å². The number of piperidine rings is 2. The fourth-order valence-corrected chi connectivity index (χ4v) is 6.63. The van der Waals surface area contributed by atoms with E-state index in [9.17, 15) is 25.2 Å². The van der Waals surface area contributed by atoms with Gasteiger partial charge in [0.1, 0.15) is 24.4 Å². The van der Waals surface area contributed by atoms with E-state index in [0.29, 0.717) is 24.5 Å². The second kappa shape index (κ2) is 9.13. The number of carbonyl (C=O) groups excluding carboxylic acids is 1. The lowest BCUT2D eigenvalue weighted by Crippen LogP contribution is -2.62. The smallest absolute Gasteiger partial charge is 0.253 e. The van der Waals surface area contributed by atoms with Crippen molar-refractivity contribution in [2.75, 3.05) is 18.5 Å². The second-order valence-electron chi connectivity index (χ2n) is 10.3. The molecule has 0 saturated carbocycles. The van der Waals surface area contributed by atoms with Crippen LogP contribution in [0.15, 0.2) is 48.8 Å². The first-order chi connectivity index (χ1) is 17.4. The molecule has 0 aliphatic carbocycles. The summed E-state index contributed by atoms with van der Waals surface area (Å²) in [7, 11) is 0. The number of nitrogens with one attached hydrogen (secondary N) is 1. The molecule has 5 heterocycles. The molecular weight excluding hydrogens is 468 g/mol. The Morgan fingerprint density at radius 3 is 2.72 bits per heavy atom. The van der Waals surface area contributed by atoms with Crippen molar-refractivity contribution < 1.29 is 39.4 Å². The Labute approximate surface area is 208 Å². The molecule has 11 unspecified atom stereocenters. The average Bonchev–Trinajstić information content (AvgIpc) is 3.28. The van der Waals surface area contributed by atoms with Crippen LogP contribution < -0.4 is 5.32 Å². The number of hydrogen-bond donors (Lipinski definition) is 5. The molecule has 0 aromatic heterocycles. The number of fused-ring (bicyclic) bond motifs is 6. The zero-order valence-electron chi connectivity index (χ0n) is 19.7. The highest BCUT2D eigenvalue weighted by molar-refractivity contribution is 5.95. The van der Waals surface area contributed by atoms with Gasteiger partial charge in [-0.1, -0.05) is 24.3 Å². The van der Waals surface area contributed by atoms with Gasteiger partial charge in [0.2, 0.25) is 6.29 Å². The van der Waals surface area contributed by atoms with Crippen molar-refractivity contribution in [1.82, 2.24) is 4.90 Å². The van der Waals surface area contributed by atoms with Crippen molar-refractivity contribution in [3.8, 4) is 0 Å². The van der Waals surface area contributed by atoms with Gasteiger partial charge in [-0.15, -0.1) is 6.58 Å². The molecule has 3 saturated heterocycles. The molecule has 1 amide bonds. The summed E-state index contributed by atoms with van der Waals surface area (Å²) in [5, 5.41) is 43.8. The number of aliphatic hydroxyl groups excluding tert-OH is 4. The number of hydrogen-bond acceptors (Lipinski definition) is 9. The minimum atomic E-state index is -1.56. The van der Waals surface area contributed by atoms with E-state index in [1.54, 1.807) is 6.08 Å². The highest BCUT2D eigenvalue weighted by Crippen LogP contribution is 2.49. The highest BCUT2D eigenvalue weighted by atomic mass is 16.8. The first kappa shape index (κ1) is 23.9. The van der Waals surface area contributed by atoms with E-state index in [2.05, 4.69) is 30.1 Å². The monoisotopic (exact) mass is 500 g/mol. The van der Waals surface area contributed by atoms with Crippen molar-refractivity contribution in [1.29, 1.82) is 0 Å². The molecule has 3 fully saturated rings. The van der Waals surface area contributed by atoms with Gasteiger partial charge in [-0.3, -0.25) is 4.79 Å². The molecule has 11 atom stereocenters. The zero-order chi connectivity index (χ0) is 25.1. The fourth-order valence-electron chi connectivity index (χ4n) is 6.63. The van der Waals surface area contributed by atoms with Crippen LogP contribution in [0.4, 0.5) is 5.69 Å². The van der Waals surface area contributed by atoms with Gasteiger partial charge in [-0.25, -0.2) is 0 Å². The molecule has 0 bridgehead atoms. The van der Waals surface area contributed by atoms with Crippen LogP contribution in [0.3, 0.4) is 0 Å². The van der Waals surface area contributed by atoms with Gasteiger partial charge in [0, 0.05) is 30.0 Å². The maximum absolute atomic E-state index is 13.5. The highest BCUT2D eigenvalue weighted by Gasteiger charge is 2.54. The minimum absolute atomic E-state index is 0.0146. The van der Waals surface area contributed by atoms with Crippen molar-refractivity contribution in [2.45, 2.75) is 67.8 Å². The Hall–Kier alpha value is -2.47. The number of amides is 1. The standard InChI is InChI=1S/C26H32N2O8/c1-2-12-15-9-18-20-14(13-5-3-4-6-17(13)27-20)7-8-28(18)24(33)16(15)11-34-25(12)36-26-23(32)22(31)21(30)19(10-29)35-26/h2-6,11-12,14-15,18-23,25-27,29-32H,1,7-10H2. The summed E-state index contributed by atoms with van der Waals surface area (Å²) in [6.45, 7) is 4.08. The summed E-state index contributed by atoms with van der Waals surface area (Å²) < 4.78 is 17.2. The second-order valence-corrected chi connectivity index (χ2v) is 10.3. The molecule has 194 valence electrons. The Morgan fingerprint density at radius 1 is 1.14 bits per heavy atom. The average molecular weight is 501 g/mol. The maximum Gasteiger partial charge on any atom is 0.253 e. The van der Waals surface area contributed by atoms with Gasteiger partial charge >= 0.3 is 0 Å². The molecule has 1 aromatic rings. The topological polar surface area (TPSA) is 141 Å². The van der Waals surface area contributed by atoms with Crippen LogP contribution in [0.1, 0.15) is 24.3 Å². The van der Waals surface area contributed by atoms with Gasteiger partial charge in [-0.2, -0.15) is 0 Å². The van der Waals surface area contributed by atoms with Crippen molar-refractivity contribution in [2.24, 2.45) is 11.8 Å². The number of rotatable bonds is 4. The van der Waals surface area contributed by atoms with Crippen molar-refractivity contribution >= 4 is 11.6 Å². The van der Waals surface area contributed by atoms with E-state index >= 15 is 0 Å². The van der Waals surface area contributed by atoms with Crippen LogP contribution in [-0.4, -0.2) is 93.5 Å². The predicted octanol–water partition coefficient (Wildman–Crippen LogP) is 0.0440. The third kappa shape index (κ3) is 3.59. The van der Waals surface area contributed by atoms with E-state index in [4.69, 9.17) is 14.2 Å². The molecule has 10 heteroatoms. The molecule has 5 aliphatic rings. The van der Waals surface area contributed by atoms with Gasteiger partial charge < -0.3 is 44.9 Å². The first-order valence-corrected chi connectivity index (χ1v) is 12.5. The summed E-state index contributed by atoms with van der Waals surface area (Å²) in [6, 6.07) is 8.40. The van der Waals surface area contributed by atoms with Gasteiger partial charge in [0.05, 0.1) is 30.5 Å². The van der Waals surface area contributed by atoms with Crippen molar-refractivity contribution in [3.63, 3.8) is 0 Å². The summed E-state index contributed by atoms with van der Waals surface area (Å²) in [6.07, 6.45) is -3.27. The number of carbonyl (C=O) groups is 1. The number of anilines is 1. The number of nitrogens with zero attached hydrogens (tertiary/aromatic N) is 1. The fraction of sp³-hybridized carbons (Fsp3) is 0.577. The third-order valence-corrected chi connectivity index (χ3v) is 8.51. The number of para-hydroxylation sites is 1. The molecule has 6 rings (SSSR count). The zero-order valence-corrected chi connectivity index (χ0v) is 19.7. The molecular formula is C26H32N2O8. The van der Waals surface area contributed by atoms with E-state index in [0.717, 1.165) is 12.1 Å². The number of aliphatic hydroxyl groups is 4. The van der Waals surface area contributed by atoms with E-state index in [1.165, 1.54) is 11.8 Å². The Bertz CT molecular complexity index is 1060. The lowest BCUT2D eigenvalue weighted by Gasteiger charge is -2.51. The molecule has 5 N–H and O–H groups in total. The Morgan fingerprint density at radius 2 is 1.94 bits per heavy atom. The quantitative estimate of drug-likeness (QED) is 0.363. The van der Waals surface area contributed by atoms with Crippen LogP contribution in [0, 0.1) is 11.8 Å². The normalized spacial score (nSPS) is 43.2. The van der Waals surface area contributed by atoms with Gasteiger partial charge in [-0.05, 0) is 24.5 Å². The molecule has 10 nitrogen and oxygen atoms in total. The lowest BCUT2D eigenvalue weighted by atomic mass is 9.71. The minimum Gasteiger partial charge on any atom is -0.471 e. The largest absolute Gasteiger partial charge is 0.471 e. The van der Waals surface area contributed by atoms with E-state index in [-0.39, 0.29) is 23.9 Å². The van der Waals surface area contributed by atoms with Gasteiger partial charge in [0.15, 0.2) is 6.29 Å². The Balaban J connectivity index is 1.24.